The Hall–Kier alpha value is -1.51. The molecule has 0 amide bonds. The molecule has 0 atom stereocenters. The van der Waals surface area contributed by atoms with Crippen LogP contribution in [0.1, 0.15) is 43.7 Å². The second-order valence-corrected chi connectivity index (χ2v) is 6.61. The van der Waals surface area contributed by atoms with E-state index in [9.17, 15) is 0 Å². The molecule has 0 unspecified atom stereocenters. The van der Waals surface area contributed by atoms with Crippen LogP contribution in [0.15, 0.2) is 29.3 Å². The minimum Gasteiger partial charge on any atom is -0.357 e. The van der Waals surface area contributed by atoms with Gasteiger partial charge in [-0.1, -0.05) is 24.3 Å². The van der Waals surface area contributed by atoms with Gasteiger partial charge >= 0.3 is 0 Å². The van der Waals surface area contributed by atoms with E-state index in [0.29, 0.717) is 5.41 Å². The fraction of sp³-hybridized carbons (Fsp3) is 0.611. The van der Waals surface area contributed by atoms with Crippen molar-refractivity contribution in [1.82, 2.24) is 10.6 Å². The Morgan fingerprint density at radius 3 is 2.62 bits per heavy atom. The van der Waals surface area contributed by atoms with Gasteiger partial charge in [0, 0.05) is 13.1 Å². The number of nitrogens with zero attached hydrogens (tertiary/aromatic N) is 1. The SMILES string of the molecule is CCNC(=NCc1ccccc1C)NCC1(C2CC2)CC1. The highest BCUT2D eigenvalue weighted by Crippen LogP contribution is 2.60. The quantitative estimate of drug-likeness (QED) is 0.622. The van der Waals surface area contributed by atoms with E-state index in [2.05, 4.69) is 48.7 Å². The van der Waals surface area contributed by atoms with E-state index in [-0.39, 0.29) is 0 Å². The number of rotatable bonds is 6. The molecule has 0 radical (unpaired) electrons. The van der Waals surface area contributed by atoms with E-state index in [1.165, 1.54) is 36.8 Å². The molecule has 2 saturated carbocycles. The van der Waals surface area contributed by atoms with Crippen molar-refractivity contribution in [3.8, 4) is 0 Å². The van der Waals surface area contributed by atoms with E-state index >= 15 is 0 Å². The standard InChI is InChI=1S/C18H27N3/c1-3-19-17(20-12-15-7-5-4-6-14(15)2)21-13-18(10-11-18)16-8-9-16/h4-7,16H,3,8-13H2,1-2H3,(H2,19,20,21). The van der Waals surface area contributed by atoms with Crippen LogP contribution in [0, 0.1) is 18.3 Å². The van der Waals surface area contributed by atoms with Crippen molar-refractivity contribution < 1.29 is 0 Å². The topological polar surface area (TPSA) is 36.4 Å². The first kappa shape index (κ1) is 14.4. The second-order valence-electron chi connectivity index (χ2n) is 6.61. The van der Waals surface area contributed by atoms with Gasteiger partial charge in [-0.05, 0) is 62.0 Å². The minimum absolute atomic E-state index is 0.610. The molecule has 1 aromatic carbocycles. The molecule has 0 heterocycles. The maximum Gasteiger partial charge on any atom is 0.191 e. The van der Waals surface area contributed by atoms with Crippen LogP contribution >= 0.6 is 0 Å². The lowest BCUT2D eigenvalue weighted by Gasteiger charge is -2.18. The maximum atomic E-state index is 4.75. The fourth-order valence-corrected chi connectivity index (χ4v) is 3.14. The van der Waals surface area contributed by atoms with Crippen LogP contribution in [-0.2, 0) is 6.54 Å². The number of guanidine groups is 1. The Labute approximate surface area is 128 Å². The van der Waals surface area contributed by atoms with Crippen molar-refractivity contribution in [2.24, 2.45) is 16.3 Å². The summed E-state index contributed by atoms with van der Waals surface area (Å²) >= 11 is 0. The average molecular weight is 285 g/mol. The van der Waals surface area contributed by atoms with Gasteiger partial charge in [-0.2, -0.15) is 0 Å². The number of benzene rings is 1. The summed E-state index contributed by atoms with van der Waals surface area (Å²) in [4.78, 5) is 4.75. The molecule has 114 valence electrons. The van der Waals surface area contributed by atoms with Crippen LogP contribution in [0.4, 0.5) is 0 Å². The third-order valence-corrected chi connectivity index (χ3v) is 4.96. The summed E-state index contributed by atoms with van der Waals surface area (Å²) < 4.78 is 0. The fourth-order valence-electron chi connectivity index (χ4n) is 3.14. The summed E-state index contributed by atoms with van der Waals surface area (Å²) in [5.41, 5.74) is 3.23. The Morgan fingerprint density at radius 2 is 2.00 bits per heavy atom. The number of hydrogen-bond acceptors (Lipinski definition) is 1. The molecule has 0 aromatic heterocycles. The summed E-state index contributed by atoms with van der Waals surface area (Å²) in [5, 5.41) is 6.94. The van der Waals surface area contributed by atoms with Crippen LogP contribution in [0.5, 0.6) is 0 Å². The third kappa shape index (κ3) is 3.58. The van der Waals surface area contributed by atoms with Crippen molar-refractivity contribution in [3.63, 3.8) is 0 Å². The van der Waals surface area contributed by atoms with E-state index in [0.717, 1.165) is 31.5 Å². The molecule has 3 rings (SSSR count). The maximum absolute atomic E-state index is 4.75. The Balaban J connectivity index is 1.58. The van der Waals surface area contributed by atoms with Crippen molar-refractivity contribution in [1.29, 1.82) is 0 Å². The zero-order valence-corrected chi connectivity index (χ0v) is 13.3. The van der Waals surface area contributed by atoms with Gasteiger partial charge in [-0.25, -0.2) is 4.99 Å². The van der Waals surface area contributed by atoms with Gasteiger partial charge in [0.05, 0.1) is 6.54 Å². The minimum atomic E-state index is 0.610. The molecule has 0 spiro atoms. The molecular formula is C18H27N3. The predicted molar refractivity (Wildman–Crippen MR) is 88.4 cm³/mol. The lowest BCUT2D eigenvalue weighted by Crippen LogP contribution is -2.40. The number of nitrogens with one attached hydrogen (secondary N) is 2. The normalized spacial score (nSPS) is 20.2. The smallest absolute Gasteiger partial charge is 0.191 e. The van der Waals surface area contributed by atoms with Gasteiger partial charge in [0.25, 0.3) is 0 Å². The Bertz CT molecular complexity index is 513. The molecule has 2 fully saturated rings. The summed E-state index contributed by atoms with van der Waals surface area (Å²) in [7, 11) is 0. The molecular weight excluding hydrogens is 258 g/mol. The zero-order valence-electron chi connectivity index (χ0n) is 13.3. The molecule has 3 nitrogen and oxygen atoms in total. The molecule has 3 heteroatoms. The van der Waals surface area contributed by atoms with E-state index in [1.54, 1.807) is 0 Å². The van der Waals surface area contributed by atoms with Crippen LogP contribution in [0.3, 0.4) is 0 Å². The molecule has 0 bridgehead atoms. The average Bonchev–Trinajstić information content (AvgIpc) is 3.37. The molecule has 21 heavy (non-hydrogen) atoms. The first-order valence-electron chi connectivity index (χ1n) is 8.30. The molecule has 2 N–H and O–H groups in total. The summed E-state index contributed by atoms with van der Waals surface area (Å²) in [6, 6.07) is 8.48. The van der Waals surface area contributed by atoms with E-state index in [1.807, 2.05) is 0 Å². The molecule has 2 aliphatic rings. The van der Waals surface area contributed by atoms with Gasteiger partial charge in [0.2, 0.25) is 0 Å². The summed E-state index contributed by atoms with van der Waals surface area (Å²) in [6.45, 7) is 7.03. The van der Waals surface area contributed by atoms with E-state index < -0.39 is 0 Å². The van der Waals surface area contributed by atoms with Gasteiger partial charge in [-0.3, -0.25) is 0 Å². The predicted octanol–water partition coefficient (Wildman–Crippen LogP) is 3.24. The van der Waals surface area contributed by atoms with Crippen LogP contribution in [0.2, 0.25) is 0 Å². The summed E-state index contributed by atoms with van der Waals surface area (Å²) in [6.07, 6.45) is 5.70. The van der Waals surface area contributed by atoms with Crippen LogP contribution in [-0.4, -0.2) is 19.0 Å². The van der Waals surface area contributed by atoms with Crippen molar-refractivity contribution in [2.45, 2.75) is 46.1 Å². The summed E-state index contributed by atoms with van der Waals surface area (Å²) in [5.74, 6) is 1.96. The van der Waals surface area contributed by atoms with Gasteiger partial charge in [-0.15, -0.1) is 0 Å². The van der Waals surface area contributed by atoms with E-state index in [4.69, 9.17) is 4.99 Å². The zero-order chi connectivity index (χ0) is 14.7. The highest BCUT2D eigenvalue weighted by Gasteiger charge is 2.53. The van der Waals surface area contributed by atoms with Crippen LogP contribution in [0.25, 0.3) is 0 Å². The van der Waals surface area contributed by atoms with Crippen molar-refractivity contribution in [3.05, 3.63) is 35.4 Å². The lowest BCUT2D eigenvalue weighted by atomic mass is 10.0. The Morgan fingerprint density at radius 1 is 1.24 bits per heavy atom. The highest BCUT2D eigenvalue weighted by atomic mass is 15.2. The number of hydrogen-bond donors (Lipinski definition) is 2. The van der Waals surface area contributed by atoms with Gasteiger partial charge < -0.3 is 10.6 Å². The molecule has 0 aliphatic heterocycles. The first-order chi connectivity index (χ1) is 10.2. The van der Waals surface area contributed by atoms with Crippen molar-refractivity contribution >= 4 is 5.96 Å². The highest BCUT2D eigenvalue weighted by molar-refractivity contribution is 5.79. The number of aryl methyl sites for hydroxylation is 1. The van der Waals surface area contributed by atoms with Gasteiger partial charge in [0.15, 0.2) is 5.96 Å². The largest absolute Gasteiger partial charge is 0.357 e. The van der Waals surface area contributed by atoms with Crippen molar-refractivity contribution in [2.75, 3.05) is 13.1 Å². The Kier molecular flexibility index (Phi) is 4.18. The number of aliphatic imine (C=N–C) groups is 1. The first-order valence-corrected chi connectivity index (χ1v) is 8.30. The lowest BCUT2D eigenvalue weighted by molar-refractivity contribution is 0.431. The van der Waals surface area contributed by atoms with Crippen LogP contribution < -0.4 is 10.6 Å². The second kappa shape index (κ2) is 6.08. The third-order valence-electron chi connectivity index (χ3n) is 4.96. The monoisotopic (exact) mass is 285 g/mol. The van der Waals surface area contributed by atoms with Gasteiger partial charge in [0.1, 0.15) is 0 Å². The molecule has 1 aromatic rings. The molecule has 0 saturated heterocycles. The molecule has 2 aliphatic carbocycles.